The van der Waals surface area contributed by atoms with E-state index in [2.05, 4.69) is 46.0 Å². The van der Waals surface area contributed by atoms with Crippen LogP contribution in [0.4, 0.5) is 5.69 Å². The van der Waals surface area contributed by atoms with Crippen LogP contribution in [0.25, 0.3) is 0 Å². The Labute approximate surface area is 141 Å². The van der Waals surface area contributed by atoms with Gasteiger partial charge < -0.3 is 14.5 Å². The van der Waals surface area contributed by atoms with E-state index in [9.17, 15) is 0 Å². The number of rotatable bonds is 4. The second-order valence-corrected chi connectivity index (χ2v) is 6.84. The molecule has 2 heterocycles. The van der Waals surface area contributed by atoms with E-state index in [1.807, 2.05) is 6.92 Å². The smallest absolute Gasteiger partial charge is 0.119 e. The van der Waals surface area contributed by atoms with Crippen molar-refractivity contribution in [3.63, 3.8) is 0 Å². The zero-order chi connectivity index (χ0) is 16.1. The van der Waals surface area contributed by atoms with Crippen LogP contribution in [-0.4, -0.2) is 68.8 Å². The Bertz CT molecular complexity index is 468. The number of nitrogens with zero attached hydrogens (tertiary/aromatic N) is 3. The molecule has 4 nitrogen and oxygen atoms in total. The van der Waals surface area contributed by atoms with Gasteiger partial charge in [-0.3, -0.25) is 4.90 Å². The van der Waals surface area contributed by atoms with Crippen LogP contribution in [-0.2, 0) is 0 Å². The summed E-state index contributed by atoms with van der Waals surface area (Å²) in [6, 6.07) is 9.40. The van der Waals surface area contributed by atoms with Crippen LogP contribution in [0.3, 0.4) is 0 Å². The molecule has 2 aliphatic rings. The zero-order valence-corrected chi connectivity index (χ0v) is 14.7. The molecule has 23 heavy (non-hydrogen) atoms. The Morgan fingerprint density at radius 3 is 2.39 bits per heavy atom. The summed E-state index contributed by atoms with van der Waals surface area (Å²) in [5.41, 5.74) is 1.33. The molecule has 128 valence electrons. The molecule has 0 aromatic heterocycles. The normalized spacial score (nSPS) is 22.1. The Kier molecular flexibility index (Phi) is 5.79. The number of likely N-dealkylation sites (tertiary alicyclic amines) is 1. The van der Waals surface area contributed by atoms with Crippen molar-refractivity contribution in [2.45, 2.75) is 32.2 Å². The van der Waals surface area contributed by atoms with Crippen molar-refractivity contribution in [3.8, 4) is 5.75 Å². The standard InChI is InChI=1S/C19H31N3O/c1-3-23-19-7-5-17(6-8-19)21-11-4-12-22(16-15-21)18-9-13-20(2)14-10-18/h5-8,18H,3-4,9-16H2,1-2H3. The lowest BCUT2D eigenvalue weighted by molar-refractivity contribution is 0.127. The van der Waals surface area contributed by atoms with Gasteiger partial charge in [-0.2, -0.15) is 0 Å². The van der Waals surface area contributed by atoms with Crippen molar-refractivity contribution in [3.05, 3.63) is 24.3 Å². The third-order valence-corrected chi connectivity index (χ3v) is 5.25. The summed E-state index contributed by atoms with van der Waals surface area (Å²) in [7, 11) is 2.24. The van der Waals surface area contributed by atoms with Gasteiger partial charge in [0.1, 0.15) is 5.75 Å². The zero-order valence-electron chi connectivity index (χ0n) is 14.7. The van der Waals surface area contributed by atoms with Crippen molar-refractivity contribution in [1.29, 1.82) is 0 Å². The summed E-state index contributed by atoms with van der Waals surface area (Å²) in [6.45, 7) is 10.0. The lowest BCUT2D eigenvalue weighted by Gasteiger charge is -2.36. The fraction of sp³-hybridized carbons (Fsp3) is 0.684. The molecule has 0 unspecified atom stereocenters. The lowest BCUT2D eigenvalue weighted by atomic mass is 10.0. The molecule has 0 N–H and O–H groups in total. The quantitative estimate of drug-likeness (QED) is 0.850. The maximum atomic E-state index is 5.55. The van der Waals surface area contributed by atoms with Crippen LogP contribution < -0.4 is 9.64 Å². The van der Waals surface area contributed by atoms with Gasteiger partial charge in [0.2, 0.25) is 0 Å². The first-order valence-electron chi connectivity index (χ1n) is 9.16. The van der Waals surface area contributed by atoms with Crippen molar-refractivity contribution in [2.24, 2.45) is 0 Å². The maximum absolute atomic E-state index is 5.55. The summed E-state index contributed by atoms with van der Waals surface area (Å²) in [5, 5.41) is 0. The van der Waals surface area contributed by atoms with Crippen LogP contribution in [0.15, 0.2) is 24.3 Å². The lowest BCUT2D eigenvalue weighted by Crippen LogP contribution is -2.45. The Morgan fingerprint density at radius 1 is 0.957 bits per heavy atom. The highest BCUT2D eigenvalue weighted by Gasteiger charge is 2.25. The van der Waals surface area contributed by atoms with E-state index in [4.69, 9.17) is 4.74 Å². The summed E-state index contributed by atoms with van der Waals surface area (Å²) in [6.07, 6.45) is 3.93. The van der Waals surface area contributed by atoms with Crippen molar-refractivity contribution >= 4 is 5.69 Å². The number of anilines is 1. The topological polar surface area (TPSA) is 19.0 Å². The Morgan fingerprint density at radius 2 is 1.70 bits per heavy atom. The molecule has 0 saturated carbocycles. The van der Waals surface area contributed by atoms with Gasteiger partial charge in [-0.25, -0.2) is 0 Å². The number of piperidine rings is 1. The molecule has 0 radical (unpaired) electrons. The molecule has 0 aliphatic carbocycles. The molecule has 0 amide bonds. The second kappa shape index (κ2) is 8.02. The van der Waals surface area contributed by atoms with E-state index in [1.165, 1.54) is 51.1 Å². The van der Waals surface area contributed by atoms with E-state index < -0.39 is 0 Å². The average Bonchev–Trinajstić information content (AvgIpc) is 2.83. The van der Waals surface area contributed by atoms with Crippen molar-refractivity contribution in [1.82, 2.24) is 9.80 Å². The second-order valence-electron chi connectivity index (χ2n) is 6.84. The summed E-state index contributed by atoms with van der Waals surface area (Å²) in [4.78, 5) is 7.73. The van der Waals surface area contributed by atoms with E-state index in [0.717, 1.165) is 31.5 Å². The number of hydrogen-bond donors (Lipinski definition) is 0. The van der Waals surface area contributed by atoms with Gasteiger partial charge in [0.25, 0.3) is 0 Å². The predicted molar refractivity (Wildman–Crippen MR) is 96.5 cm³/mol. The van der Waals surface area contributed by atoms with Gasteiger partial charge >= 0.3 is 0 Å². The van der Waals surface area contributed by atoms with Gasteiger partial charge in [0.05, 0.1) is 6.61 Å². The fourth-order valence-corrected chi connectivity index (χ4v) is 3.84. The molecule has 0 spiro atoms. The molecular weight excluding hydrogens is 286 g/mol. The first kappa shape index (κ1) is 16.6. The largest absolute Gasteiger partial charge is 0.494 e. The molecule has 0 bridgehead atoms. The van der Waals surface area contributed by atoms with E-state index >= 15 is 0 Å². The van der Waals surface area contributed by atoms with E-state index in [-0.39, 0.29) is 0 Å². The van der Waals surface area contributed by atoms with Gasteiger partial charge in [-0.15, -0.1) is 0 Å². The summed E-state index contributed by atoms with van der Waals surface area (Å²) in [5.74, 6) is 0.971. The summed E-state index contributed by atoms with van der Waals surface area (Å²) < 4.78 is 5.55. The van der Waals surface area contributed by atoms with Gasteiger partial charge in [0, 0.05) is 37.9 Å². The average molecular weight is 317 g/mol. The minimum Gasteiger partial charge on any atom is -0.494 e. The van der Waals surface area contributed by atoms with Crippen LogP contribution in [0.5, 0.6) is 5.75 Å². The van der Waals surface area contributed by atoms with Crippen LogP contribution in [0.1, 0.15) is 26.2 Å². The molecule has 2 fully saturated rings. The minimum absolute atomic E-state index is 0.731. The monoisotopic (exact) mass is 317 g/mol. The molecule has 2 saturated heterocycles. The van der Waals surface area contributed by atoms with E-state index in [1.54, 1.807) is 0 Å². The first-order valence-corrected chi connectivity index (χ1v) is 9.16. The third kappa shape index (κ3) is 4.39. The molecule has 3 rings (SSSR count). The van der Waals surface area contributed by atoms with Crippen LogP contribution >= 0.6 is 0 Å². The third-order valence-electron chi connectivity index (χ3n) is 5.25. The predicted octanol–water partition coefficient (Wildman–Crippen LogP) is 2.69. The number of benzene rings is 1. The SMILES string of the molecule is CCOc1ccc(N2CCCN(C3CCN(C)CC3)CC2)cc1. The van der Waals surface area contributed by atoms with E-state index in [0.29, 0.717) is 0 Å². The highest BCUT2D eigenvalue weighted by atomic mass is 16.5. The van der Waals surface area contributed by atoms with Crippen LogP contribution in [0, 0.1) is 0 Å². The highest BCUT2D eigenvalue weighted by Crippen LogP contribution is 2.23. The van der Waals surface area contributed by atoms with Gasteiger partial charge in [-0.05, 0) is 70.6 Å². The van der Waals surface area contributed by atoms with Crippen LogP contribution in [0.2, 0.25) is 0 Å². The summed E-state index contributed by atoms with van der Waals surface area (Å²) >= 11 is 0. The van der Waals surface area contributed by atoms with Gasteiger partial charge in [-0.1, -0.05) is 0 Å². The maximum Gasteiger partial charge on any atom is 0.119 e. The molecule has 1 aromatic rings. The van der Waals surface area contributed by atoms with Crippen molar-refractivity contribution in [2.75, 3.05) is 57.8 Å². The molecule has 0 atom stereocenters. The van der Waals surface area contributed by atoms with Gasteiger partial charge in [0.15, 0.2) is 0 Å². The highest BCUT2D eigenvalue weighted by molar-refractivity contribution is 5.49. The minimum atomic E-state index is 0.731. The first-order chi connectivity index (χ1) is 11.3. The fourth-order valence-electron chi connectivity index (χ4n) is 3.84. The Balaban J connectivity index is 1.55. The molecular formula is C19H31N3O. The molecule has 2 aliphatic heterocycles. The Hall–Kier alpha value is -1.26. The van der Waals surface area contributed by atoms with Crippen molar-refractivity contribution < 1.29 is 4.74 Å². The molecule has 1 aromatic carbocycles. The molecule has 4 heteroatoms. The number of hydrogen-bond acceptors (Lipinski definition) is 4. The number of ether oxygens (including phenoxy) is 1.